The highest BCUT2D eigenvalue weighted by molar-refractivity contribution is 5.92. The molecule has 9 heteroatoms. The molecule has 3 nitrogen and oxygen atoms in total. The number of methoxy groups -OCH3 is 1. The van der Waals surface area contributed by atoms with Crippen LogP contribution in [0.5, 0.6) is 5.75 Å². The van der Waals surface area contributed by atoms with Gasteiger partial charge in [0.1, 0.15) is 17.1 Å². The molecular weight excluding hydrogens is 282 g/mol. The lowest BCUT2D eigenvalue weighted by Crippen LogP contribution is -2.42. The zero-order chi connectivity index (χ0) is 14.8. The number of alkyl halides is 5. The lowest BCUT2D eigenvalue weighted by molar-refractivity contribution is -0.360. The van der Waals surface area contributed by atoms with Gasteiger partial charge in [0, 0.05) is 0 Å². The average Bonchev–Trinajstić information content (AvgIpc) is 2.26. The molecule has 0 spiro atoms. The maximum Gasteiger partial charge on any atom is 0.499 e. The van der Waals surface area contributed by atoms with Gasteiger partial charge in [-0.2, -0.15) is 22.0 Å². The van der Waals surface area contributed by atoms with Crippen molar-refractivity contribution in [3.8, 4) is 5.75 Å². The predicted molar refractivity (Wildman–Crippen MR) is 49.4 cm³/mol. The smallest absolute Gasteiger partial charge is 0.465 e. The summed E-state index contributed by atoms with van der Waals surface area (Å²) in [4.78, 5) is 11.1. The van der Waals surface area contributed by atoms with Crippen molar-refractivity contribution < 1.29 is 40.6 Å². The summed E-state index contributed by atoms with van der Waals surface area (Å²) >= 11 is 0. The summed E-state index contributed by atoms with van der Waals surface area (Å²) in [5, 5.41) is 0. The second-order valence-corrected chi connectivity index (χ2v) is 3.22. The Morgan fingerprint density at radius 3 is 2.21 bits per heavy atom. The molecule has 0 N–H and O–H groups in total. The molecule has 1 aromatic rings. The third-order valence-corrected chi connectivity index (χ3v) is 1.93. The summed E-state index contributed by atoms with van der Waals surface area (Å²) in [7, 11) is 0.806. The highest BCUT2D eigenvalue weighted by Crippen LogP contribution is 2.38. The summed E-state index contributed by atoms with van der Waals surface area (Å²) in [5.74, 6) is -4.05. The van der Waals surface area contributed by atoms with Gasteiger partial charge < -0.3 is 9.47 Å². The molecule has 0 amide bonds. The number of ether oxygens (including phenoxy) is 2. The zero-order valence-corrected chi connectivity index (χ0v) is 9.22. The molecule has 0 heterocycles. The second-order valence-electron chi connectivity index (χ2n) is 3.22. The monoisotopic (exact) mass is 288 g/mol. The van der Waals surface area contributed by atoms with E-state index in [0.717, 1.165) is 13.2 Å². The zero-order valence-electron chi connectivity index (χ0n) is 9.22. The van der Waals surface area contributed by atoms with Crippen LogP contribution in [0.2, 0.25) is 0 Å². The van der Waals surface area contributed by atoms with Crippen molar-refractivity contribution in [2.75, 3.05) is 7.11 Å². The third-order valence-electron chi connectivity index (χ3n) is 1.93. The van der Waals surface area contributed by atoms with E-state index in [1.54, 1.807) is 0 Å². The minimum Gasteiger partial charge on any atom is -0.465 e. The van der Waals surface area contributed by atoms with Crippen molar-refractivity contribution in [3.63, 3.8) is 0 Å². The number of hydrogen-bond acceptors (Lipinski definition) is 3. The van der Waals surface area contributed by atoms with Gasteiger partial charge >= 0.3 is 18.3 Å². The van der Waals surface area contributed by atoms with Crippen LogP contribution in [0.25, 0.3) is 0 Å². The van der Waals surface area contributed by atoms with E-state index < -0.39 is 35.4 Å². The van der Waals surface area contributed by atoms with Crippen LogP contribution < -0.4 is 4.74 Å². The van der Waals surface area contributed by atoms with E-state index in [1.807, 2.05) is 0 Å². The fourth-order valence-corrected chi connectivity index (χ4v) is 1.09. The van der Waals surface area contributed by atoms with Crippen molar-refractivity contribution in [2.45, 2.75) is 12.3 Å². The number of carbonyl (C=O) groups is 1. The van der Waals surface area contributed by atoms with Crippen LogP contribution in [0.1, 0.15) is 10.4 Å². The van der Waals surface area contributed by atoms with Gasteiger partial charge in [-0.05, 0) is 12.1 Å². The van der Waals surface area contributed by atoms with Gasteiger partial charge in [-0.15, -0.1) is 0 Å². The number of halogens is 6. The molecule has 0 bridgehead atoms. The van der Waals surface area contributed by atoms with Crippen LogP contribution >= 0.6 is 0 Å². The van der Waals surface area contributed by atoms with E-state index in [-0.39, 0.29) is 0 Å². The van der Waals surface area contributed by atoms with Gasteiger partial charge in [0.15, 0.2) is 0 Å². The van der Waals surface area contributed by atoms with E-state index in [9.17, 15) is 31.1 Å². The molecule has 1 aromatic carbocycles. The summed E-state index contributed by atoms with van der Waals surface area (Å²) in [5.41, 5.74) is -1.14. The van der Waals surface area contributed by atoms with Gasteiger partial charge in [0.2, 0.25) is 0 Å². The first-order chi connectivity index (χ1) is 8.60. The first-order valence-electron chi connectivity index (χ1n) is 4.60. The van der Waals surface area contributed by atoms with Crippen molar-refractivity contribution >= 4 is 5.97 Å². The molecule has 0 unspecified atom stereocenters. The van der Waals surface area contributed by atoms with Crippen molar-refractivity contribution in [1.29, 1.82) is 0 Å². The molecule has 0 aromatic heterocycles. The topological polar surface area (TPSA) is 35.5 Å². The third kappa shape index (κ3) is 3.09. The van der Waals surface area contributed by atoms with Crippen LogP contribution in [0.3, 0.4) is 0 Å². The van der Waals surface area contributed by atoms with E-state index in [2.05, 4.69) is 9.47 Å². The molecule has 0 fully saturated rings. The van der Waals surface area contributed by atoms with Gasteiger partial charge in [-0.25, -0.2) is 9.18 Å². The molecule has 0 saturated carbocycles. The minimum atomic E-state index is -6.01. The quantitative estimate of drug-likeness (QED) is 0.633. The Hall–Kier alpha value is -1.93. The van der Waals surface area contributed by atoms with Gasteiger partial charge in [0.05, 0.1) is 7.11 Å². The molecular formula is C10H6F6O3. The standard InChI is InChI=1S/C10H6F6O3/c1-18-8(17)7-5(11)3-2-4-6(7)19-10(15,16)9(12,13)14/h2-4H,1H3. The molecule has 0 aliphatic rings. The summed E-state index contributed by atoms with van der Waals surface area (Å²) in [6, 6.07) is 2.09. The highest BCUT2D eigenvalue weighted by atomic mass is 19.4. The number of benzene rings is 1. The molecule has 19 heavy (non-hydrogen) atoms. The minimum absolute atomic E-state index is 0.592. The lowest BCUT2D eigenvalue weighted by Gasteiger charge is -2.21. The van der Waals surface area contributed by atoms with E-state index >= 15 is 0 Å². The average molecular weight is 288 g/mol. The largest absolute Gasteiger partial charge is 0.499 e. The molecule has 106 valence electrons. The first-order valence-corrected chi connectivity index (χ1v) is 4.60. The van der Waals surface area contributed by atoms with Gasteiger partial charge in [0.25, 0.3) is 0 Å². The van der Waals surface area contributed by atoms with E-state index in [0.29, 0.717) is 12.1 Å². The lowest BCUT2D eigenvalue weighted by atomic mass is 10.2. The van der Waals surface area contributed by atoms with Crippen molar-refractivity contribution in [3.05, 3.63) is 29.6 Å². The molecule has 1 rings (SSSR count). The highest BCUT2D eigenvalue weighted by Gasteiger charge is 2.61. The number of esters is 1. The molecule has 0 radical (unpaired) electrons. The van der Waals surface area contributed by atoms with E-state index in [1.165, 1.54) is 0 Å². The van der Waals surface area contributed by atoms with Crippen LogP contribution in [0.15, 0.2) is 18.2 Å². The maximum absolute atomic E-state index is 13.3. The molecule has 0 aliphatic heterocycles. The summed E-state index contributed by atoms with van der Waals surface area (Å²) < 4.78 is 81.9. The van der Waals surface area contributed by atoms with Crippen molar-refractivity contribution in [2.24, 2.45) is 0 Å². The fraction of sp³-hybridized carbons (Fsp3) is 0.300. The second kappa shape index (κ2) is 4.98. The Morgan fingerprint density at radius 1 is 1.16 bits per heavy atom. The Bertz CT molecular complexity index is 483. The van der Waals surface area contributed by atoms with Gasteiger partial charge in [-0.3, -0.25) is 0 Å². The van der Waals surface area contributed by atoms with Crippen molar-refractivity contribution in [1.82, 2.24) is 0 Å². The van der Waals surface area contributed by atoms with E-state index in [4.69, 9.17) is 0 Å². The SMILES string of the molecule is COC(=O)c1c(F)cccc1OC(F)(F)C(F)(F)F. The Morgan fingerprint density at radius 2 is 1.74 bits per heavy atom. The van der Waals surface area contributed by atoms with Gasteiger partial charge in [-0.1, -0.05) is 6.07 Å². The van der Waals surface area contributed by atoms with Crippen LogP contribution in [0, 0.1) is 5.82 Å². The Kier molecular flexibility index (Phi) is 3.97. The van der Waals surface area contributed by atoms with Crippen LogP contribution in [0.4, 0.5) is 26.3 Å². The normalized spacial score (nSPS) is 12.2. The predicted octanol–water partition coefficient (Wildman–Crippen LogP) is 3.15. The summed E-state index contributed by atoms with van der Waals surface area (Å²) in [6.07, 6.45) is -11.6. The maximum atomic E-state index is 13.3. The number of rotatable bonds is 3. The summed E-state index contributed by atoms with van der Waals surface area (Å²) in [6.45, 7) is 0. The molecule has 0 saturated heterocycles. The first kappa shape index (κ1) is 15.1. The van der Waals surface area contributed by atoms with Crippen LogP contribution in [-0.4, -0.2) is 25.4 Å². The number of carbonyl (C=O) groups excluding carboxylic acids is 1. The molecule has 0 aliphatic carbocycles. The number of hydrogen-bond donors (Lipinski definition) is 0. The fourth-order valence-electron chi connectivity index (χ4n) is 1.09. The molecule has 0 atom stereocenters. The Balaban J connectivity index is 3.23. The Labute approximate surface area is 102 Å². The van der Waals surface area contributed by atoms with Crippen LogP contribution in [-0.2, 0) is 4.74 Å².